The molecule has 29 heavy (non-hydrogen) atoms. The molecular weight excluding hydrogens is 398 g/mol. The molecule has 1 unspecified atom stereocenters. The van der Waals surface area contributed by atoms with Crippen LogP contribution in [0.3, 0.4) is 0 Å². The second-order valence-corrected chi connectivity index (χ2v) is 9.14. The Kier molecular flexibility index (Phi) is 6.02. The predicted molar refractivity (Wildman–Crippen MR) is 108 cm³/mol. The molecule has 0 amide bonds. The fourth-order valence-electron chi connectivity index (χ4n) is 3.16. The molecule has 2 aromatic carbocycles. The molecule has 1 heterocycles. The Hall–Kier alpha value is -2.36. The minimum atomic E-state index is -3.55. The normalized spacial score (nSPS) is 13.3. The van der Waals surface area contributed by atoms with Gasteiger partial charge in [-0.05, 0) is 49.7 Å². The average Bonchev–Trinajstić information content (AvgIpc) is 3.04. The van der Waals surface area contributed by atoms with E-state index in [1.54, 1.807) is 18.2 Å². The van der Waals surface area contributed by atoms with Crippen LogP contribution in [0.4, 0.5) is 8.78 Å². The summed E-state index contributed by atoms with van der Waals surface area (Å²) in [6.45, 7) is 4.88. The van der Waals surface area contributed by atoms with Gasteiger partial charge in [-0.2, -0.15) is 0 Å². The summed E-state index contributed by atoms with van der Waals surface area (Å²) in [4.78, 5) is 4.78. The molecule has 0 saturated heterocycles. The quantitative estimate of drug-likeness (QED) is 0.634. The van der Waals surface area contributed by atoms with E-state index in [4.69, 9.17) is 0 Å². The van der Waals surface area contributed by atoms with Crippen LogP contribution in [0.25, 0.3) is 11.0 Å². The van der Waals surface area contributed by atoms with Gasteiger partial charge in [-0.3, -0.25) is 0 Å². The molecule has 1 aromatic heterocycles. The predicted octanol–water partition coefficient (Wildman–Crippen LogP) is 3.44. The maximum absolute atomic E-state index is 13.5. The highest BCUT2D eigenvalue weighted by atomic mass is 32.2. The number of aromatic nitrogens is 2. The van der Waals surface area contributed by atoms with E-state index in [2.05, 4.69) is 10.3 Å². The van der Waals surface area contributed by atoms with Crippen LogP contribution in [0.2, 0.25) is 0 Å². The smallest absolute Gasteiger partial charge is 0.242 e. The lowest BCUT2D eigenvalue weighted by molar-refractivity contribution is 0.498. The first kappa shape index (κ1) is 21.4. The molecular formula is C20H24F2N4O2S. The van der Waals surface area contributed by atoms with Crippen LogP contribution in [-0.4, -0.2) is 36.4 Å². The minimum Gasteiger partial charge on any atom is -0.327 e. The van der Waals surface area contributed by atoms with Gasteiger partial charge < -0.3 is 9.88 Å². The van der Waals surface area contributed by atoms with Crippen molar-refractivity contribution in [1.82, 2.24) is 19.2 Å². The molecule has 0 radical (unpaired) electrons. The van der Waals surface area contributed by atoms with E-state index < -0.39 is 21.7 Å². The maximum Gasteiger partial charge on any atom is 0.242 e. The molecule has 156 valence electrons. The molecule has 0 saturated carbocycles. The number of benzene rings is 2. The van der Waals surface area contributed by atoms with Gasteiger partial charge in [0.1, 0.15) is 5.82 Å². The van der Waals surface area contributed by atoms with Gasteiger partial charge in [-0.25, -0.2) is 26.5 Å². The second-order valence-electron chi connectivity index (χ2n) is 6.99. The van der Waals surface area contributed by atoms with Crippen molar-refractivity contribution < 1.29 is 17.2 Å². The molecule has 9 heteroatoms. The summed E-state index contributed by atoms with van der Waals surface area (Å²) in [5, 5.41) is 3.26. The summed E-state index contributed by atoms with van der Waals surface area (Å²) in [6, 6.07) is 8.50. The van der Waals surface area contributed by atoms with E-state index in [-0.39, 0.29) is 10.9 Å². The first-order chi connectivity index (χ1) is 13.6. The molecule has 1 N–H and O–H groups in total. The van der Waals surface area contributed by atoms with Gasteiger partial charge in [0.15, 0.2) is 11.6 Å². The van der Waals surface area contributed by atoms with Crippen molar-refractivity contribution in [2.24, 2.45) is 0 Å². The van der Waals surface area contributed by atoms with Gasteiger partial charge in [0.25, 0.3) is 0 Å². The molecule has 0 aliphatic carbocycles. The van der Waals surface area contributed by atoms with Crippen LogP contribution in [0.1, 0.15) is 31.3 Å². The number of imidazole rings is 1. The van der Waals surface area contributed by atoms with Gasteiger partial charge >= 0.3 is 0 Å². The van der Waals surface area contributed by atoms with Crippen molar-refractivity contribution in [2.45, 2.75) is 37.9 Å². The number of rotatable bonds is 7. The molecule has 0 bridgehead atoms. The van der Waals surface area contributed by atoms with Crippen molar-refractivity contribution in [1.29, 1.82) is 0 Å². The monoisotopic (exact) mass is 422 g/mol. The standard InChI is InChI=1S/C20H24F2N4O2S/c1-5-26-19-9-7-15(29(27,28)25(3)4)11-18(19)24-20(26)12-23-13(2)14-6-8-16(21)17(22)10-14/h6-11,13,23H,5,12H2,1-4H3. The number of aryl methyl sites for hydroxylation is 1. The Morgan fingerprint density at radius 1 is 1.14 bits per heavy atom. The van der Waals surface area contributed by atoms with Crippen LogP contribution in [-0.2, 0) is 23.1 Å². The number of fused-ring (bicyclic) bond motifs is 1. The Bertz CT molecular complexity index is 1140. The van der Waals surface area contributed by atoms with Crippen molar-refractivity contribution in [3.63, 3.8) is 0 Å². The van der Waals surface area contributed by atoms with Crippen LogP contribution in [0.5, 0.6) is 0 Å². The van der Waals surface area contributed by atoms with Gasteiger partial charge in [-0.15, -0.1) is 0 Å². The van der Waals surface area contributed by atoms with Gasteiger partial charge in [0.05, 0.1) is 22.5 Å². The highest BCUT2D eigenvalue weighted by Gasteiger charge is 2.20. The summed E-state index contributed by atoms with van der Waals surface area (Å²) >= 11 is 0. The van der Waals surface area contributed by atoms with Crippen molar-refractivity contribution >= 4 is 21.1 Å². The third-order valence-electron chi connectivity index (χ3n) is 4.90. The molecule has 0 spiro atoms. The minimum absolute atomic E-state index is 0.186. The van der Waals surface area contributed by atoms with E-state index in [0.717, 1.165) is 21.7 Å². The van der Waals surface area contributed by atoms with Gasteiger partial charge in [0.2, 0.25) is 10.0 Å². The zero-order valence-electron chi connectivity index (χ0n) is 16.8. The zero-order valence-corrected chi connectivity index (χ0v) is 17.6. The number of hydrogen-bond acceptors (Lipinski definition) is 4. The lowest BCUT2D eigenvalue weighted by atomic mass is 10.1. The maximum atomic E-state index is 13.5. The van der Waals surface area contributed by atoms with E-state index in [1.807, 2.05) is 18.4 Å². The highest BCUT2D eigenvalue weighted by Crippen LogP contribution is 2.23. The average molecular weight is 423 g/mol. The third-order valence-corrected chi connectivity index (χ3v) is 6.71. The summed E-state index contributed by atoms with van der Waals surface area (Å²) in [6.07, 6.45) is 0. The summed E-state index contributed by atoms with van der Waals surface area (Å²) < 4.78 is 54.5. The highest BCUT2D eigenvalue weighted by molar-refractivity contribution is 7.89. The first-order valence-corrected chi connectivity index (χ1v) is 10.7. The number of halogens is 2. The molecule has 0 aliphatic heterocycles. The Labute approximate surface area is 169 Å². The first-order valence-electron chi connectivity index (χ1n) is 9.25. The van der Waals surface area contributed by atoms with Crippen LogP contribution in [0.15, 0.2) is 41.3 Å². The van der Waals surface area contributed by atoms with Crippen LogP contribution in [0, 0.1) is 11.6 Å². The fraction of sp³-hybridized carbons (Fsp3) is 0.350. The van der Waals surface area contributed by atoms with Crippen LogP contribution < -0.4 is 5.32 Å². The topological polar surface area (TPSA) is 67.2 Å². The molecule has 0 aliphatic rings. The van der Waals surface area contributed by atoms with Crippen LogP contribution >= 0.6 is 0 Å². The van der Waals surface area contributed by atoms with Crippen molar-refractivity contribution in [3.8, 4) is 0 Å². The van der Waals surface area contributed by atoms with Gasteiger partial charge in [-0.1, -0.05) is 6.07 Å². The third kappa shape index (κ3) is 4.17. The molecule has 0 fully saturated rings. The Morgan fingerprint density at radius 2 is 1.86 bits per heavy atom. The number of sulfonamides is 1. The zero-order chi connectivity index (χ0) is 21.3. The fourth-order valence-corrected chi connectivity index (χ4v) is 4.08. The number of hydrogen-bond donors (Lipinski definition) is 1. The molecule has 3 aromatic rings. The van der Waals surface area contributed by atoms with E-state index >= 15 is 0 Å². The number of nitrogens with one attached hydrogen (secondary N) is 1. The summed E-state index contributed by atoms with van der Waals surface area (Å²) in [5.41, 5.74) is 2.05. The summed E-state index contributed by atoms with van der Waals surface area (Å²) in [7, 11) is -0.575. The van der Waals surface area contributed by atoms with E-state index in [9.17, 15) is 17.2 Å². The lowest BCUT2D eigenvalue weighted by Gasteiger charge is -2.15. The molecule has 6 nitrogen and oxygen atoms in total. The Morgan fingerprint density at radius 3 is 2.48 bits per heavy atom. The van der Waals surface area contributed by atoms with Gasteiger partial charge in [0, 0.05) is 26.7 Å². The second kappa shape index (κ2) is 8.17. The Balaban J connectivity index is 1.88. The molecule has 1 atom stereocenters. The van der Waals surface area contributed by atoms with Crippen molar-refractivity contribution in [2.75, 3.05) is 14.1 Å². The lowest BCUT2D eigenvalue weighted by Crippen LogP contribution is -2.22. The SMILES string of the molecule is CCn1c(CNC(C)c2ccc(F)c(F)c2)nc2cc(S(=O)(=O)N(C)C)ccc21. The molecule has 3 rings (SSSR count). The van der Waals surface area contributed by atoms with Crippen molar-refractivity contribution in [3.05, 3.63) is 59.4 Å². The largest absolute Gasteiger partial charge is 0.327 e. The van der Waals surface area contributed by atoms with E-state index in [0.29, 0.717) is 24.2 Å². The summed E-state index contributed by atoms with van der Waals surface area (Å²) in [5.74, 6) is -1.03. The number of nitrogens with zero attached hydrogens (tertiary/aromatic N) is 3. The van der Waals surface area contributed by atoms with E-state index in [1.165, 1.54) is 26.2 Å².